The number of rotatable bonds is 6. The molecule has 0 aromatic carbocycles. The lowest BCUT2D eigenvalue weighted by Gasteiger charge is -2.39. The van der Waals surface area contributed by atoms with Gasteiger partial charge in [0.2, 0.25) is 0 Å². The lowest BCUT2D eigenvalue weighted by atomic mass is 9.93. The lowest BCUT2D eigenvalue weighted by molar-refractivity contribution is 0.107. The summed E-state index contributed by atoms with van der Waals surface area (Å²) in [6.45, 7) is 5.10. The predicted octanol–water partition coefficient (Wildman–Crippen LogP) is 1.72. The van der Waals surface area contributed by atoms with E-state index in [0.717, 1.165) is 45.3 Å². The van der Waals surface area contributed by atoms with E-state index in [2.05, 4.69) is 29.3 Å². The summed E-state index contributed by atoms with van der Waals surface area (Å²) in [6, 6.07) is 0.411. The van der Waals surface area contributed by atoms with Crippen LogP contribution in [0.3, 0.4) is 0 Å². The predicted molar refractivity (Wildman–Crippen MR) is 92.4 cm³/mol. The molecule has 6 nitrogen and oxygen atoms in total. The van der Waals surface area contributed by atoms with Crippen molar-refractivity contribution in [1.82, 2.24) is 24.9 Å². The minimum absolute atomic E-state index is 0.0628. The second kappa shape index (κ2) is 8.34. The first kappa shape index (κ1) is 17.8. The van der Waals surface area contributed by atoms with E-state index in [1.165, 1.54) is 5.56 Å². The Balaban J connectivity index is 1.64. The minimum Gasteiger partial charge on any atom is -0.338 e. The molecule has 1 aliphatic heterocycles. The monoisotopic (exact) mass is 321 g/mol. The van der Waals surface area contributed by atoms with Crippen molar-refractivity contribution < 1.29 is 4.79 Å². The van der Waals surface area contributed by atoms with Crippen LogP contribution in [0.15, 0.2) is 12.4 Å². The van der Waals surface area contributed by atoms with Crippen molar-refractivity contribution in [2.75, 3.05) is 33.7 Å². The summed E-state index contributed by atoms with van der Waals surface area (Å²) in [5.74, 6) is 0.523. The zero-order valence-electron chi connectivity index (χ0n) is 15.0. The Hall–Kier alpha value is -1.56. The van der Waals surface area contributed by atoms with Crippen LogP contribution in [-0.2, 0) is 13.5 Å². The lowest BCUT2D eigenvalue weighted by Crippen LogP contribution is -2.52. The first-order valence-electron chi connectivity index (χ1n) is 8.64. The molecule has 23 heavy (non-hydrogen) atoms. The van der Waals surface area contributed by atoms with Crippen molar-refractivity contribution in [2.45, 2.75) is 38.6 Å². The van der Waals surface area contributed by atoms with Crippen LogP contribution < -0.4 is 5.32 Å². The Kier molecular flexibility index (Phi) is 6.45. The van der Waals surface area contributed by atoms with E-state index in [9.17, 15) is 4.79 Å². The van der Waals surface area contributed by atoms with Crippen molar-refractivity contribution in [3.05, 3.63) is 18.0 Å². The zero-order valence-corrected chi connectivity index (χ0v) is 15.0. The largest absolute Gasteiger partial charge is 0.338 e. The van der Waals surface area contributed by atoms with Gasteiger partial charge in [-0.05, 0) is 50.8 Å². The SMILES string of the molecule is C[C@@H]1CN(C)CC[C@@H]1N(C)C(=O)NCCCCc1cnn(C)c1. The average molecular weight is 321 g/mol. The number of hydrogen-bond donors (Lipinski definition) is 1. The maximum absolute atomic E-state index is 12.3. The number of nitrogens with zero attached hydrogens (tertiary/aromatic N) is 4. The fourth-order valence-corrected chi connectivity index (χ4v) is 3.44. The van der Waals surface area contributed by atoms with E-state index in [4.69, 9.17) is 0 Å². The van der Waals surface area contributed by atoms with Gasteiger partial charge in [0, 0.05) is 39.4 Å². The summed E-state index contributed by atoms with van der Waals surface area (Å²) < 4.78 is 1.83. The van der Waals surface area contributed by atoms with Gasteiger partial charge < -0.3 is 15.1 Å². The normalized spacial score (nSPS) is 22.1. The van der Waals surface area contributed by atoms with Crippen LogP contribution in [-0.4, -0.2) is 65.4 Å². The number of unbranched alkanes of at least 4 members (excludes halogenated alkanes) is 1. The van der Waals surface area contributed by atoms with Gasteiger partial charge in [0.1, 0.15) is 0 Å². The van der Waals surface area contributed by atoms with Gasteiger partial charge in [-0.2, -0.15) is 5.10 Å². The van der Waals surface area contributed by atoms with Gasteiger partial charge in [-0.3, -0.25) is 4.68 Å². The van der Waals surface area contributed by atoms with E-state index in [0.29, 0.717) is 12.0 Å². The Morgan fingerprint density at radius 3 is 2.87 bits per heavy atom. The van der Waals surface area contributed by atoms with Gasteiger partial charge in [-0.15, -0.1) is 0 Å². The average Bonchev–Trinajstić information content (AvgIpc) is 2.91. The van der Waals surface area contributed by atoms with Crippen LogP contribution in [0.2, 0.25) is 0 Å². The summed E-state index contributed by atoms with van der Waals surface area (Å²) in [5.41, 5.74) is 1.26. The van der Waals surface area contributed by atoms with Gasteiger partial charge in [-0.1, -0.05) is 6.92 Å². The molecule has 2 rings (SSSR count). The molecule has 1 aliphatic rings. The van der Waals surface area contributed by atoms with E-state index in [1.54, 1.807) is 0 Å². The molecule has 1 aromatic heterocycles. The number of aromatic nitrogens is 2. The Labute approximate surface area is 139 Å². The quantitative estimate of drug-likeness (QED) is 0.812. The molecule has 1 saturated heterocycles. The second-order valence-corrected chi connectivity index (χ2v) is 6.92. The number of carbonyl (C=O) groups is 1. The number of nitrogens with one attached hydrogen (secondary N) is 1. The summed E-state index contributed by atoms with van der Waals surface area (Å²) in [5, 5.41) is 7.22. The highest BCUT2D eigenvalue weighted by Crippen LogP contribution is 2.20. The Bertz CT molecular complexity index is 501. The molecule has 2 amide bonds. The van der Waals surface area contributed by atoms with Crippen LogP contribution in [0.5, 0.6) is 0 Å². The smallest absolute Gasteiger partial charge is 0.317 e. The Morgan fingerprint density at radius 2 is 2.22 bits per heavy atom. The van der Waals surface area contributed by atoms with Crippen LogP contribution in [0.25, 0.3) is 0 Å². The number of urea groups is 1. The fourth-order valence-electron chi connectivity index (χ4n) is 3.44. The molecule has 1 N–H and O–H groups in total. The van der Waals surface area contributed by atoms with Crippen LogP contribution in [0, 0.1) is 5.92 Å². The molecule has 2 heterocycles. The third-order valence-electron chi connectivity index (χ3n) is 4.81. The van der Waals surface area contributed by atoms with Crippen molar-refractivity contribution in [2.24, 2.45) is 13.0 Å². The highest BCUT2D eigenvalue weighted by atomic mass is 16.2. The van der Waals surface area contributed by atoms with E-state index in [-0.39, 0.29) is 6.03 Å². The fraction of sp³-hybridized carbons (Fsp3) is 0.765. The highest BCUT2D eigenvalue weighted by Gasteiger charge is 2.29. The molecule has 130 valence electrons. The van der Waals surface area contributed by atoms with Gasteiger partial charge in [0.05, 0.1) is 6.20 Å². The molecule has 0 radical (unpaired) electrons. The maximum Gasteiger partial charge on any atom is 0.317 e. The molecule has 0 aliphatic carbocycles. The number of hydrogen-bond acceptors (Lipinski definition) is 3. The van der Waals surface area contributed by atoms with Gasteiger partial charge in [0.25, 0.3) is 0 Å². The van der Waals surface area contributed by atoms with E-state index in [1.807, 2.05) is 36.1 Å². The van der Waals surface area contributed by atoms with Crippen LogP contribution in [0.1, 0.15) is 31.7 Å². The number of carbonyl (C=O) groups excluding carboxylic acids is 1. The molecule has 6 heteroatoms. The van der Waals surface area contributed by atoms with Gasteiger partial charge in [-0.25, -0.2) is 4.79 Å². The van der Waals surface area contributed by atoms with Gasteiger partial charge in [0.15, 0.2) is 0 Å². The summed E-state index contributed by atoms with van der Waals surface area (Å²) >= 11 is 0. The summed E-state index contributed by atoms with van der Waals surface area (Å²) in [4.78, 5) is 16.5. The van der Waals surface area contributed by atoms with Crippen molar-refractivity contribution >= 4 is 6.03 Å². The summed E-state index contributed by atoms with van der Waals surface area (Å²) in [7, 11) is 6.01. The molecule has 0 saturated carbocycles. The summed E-state index contributed by atoms with van der Waals surface area (Å²) in [6.07, 6.45) is 8.10. The second-order valence-electron chi connectivity index (χ2n) is 6.92. The van der Waals surface area contributed by atoms with Crippen molar-refractivity contribution in [3.8, 4) is 0 Å². The highest BCUT2D eigenvalue weighted by molar-refractivity contribution is 5.74. The molecular weight excluding hydrogens is 290 g/mol. The molecular formula is C17H31N5O. The topological polar surface area (TPSA) is 53.4 Å². The van der Waals surface area contributed by atoms with Crippen LogP contribution >= 0.6 is 0 Å². The first-order chi connectivity index (χ1) is 11.0. The van der Waals surface area contributed by atoms with Crippen LogP contribution in [0.4, 0.5) is 4.79 Å². The maximum atomic E-state index is 12.3. The number of likely N-dealkylation sites (tertiary alicyclic amines) is 1. The molecule has 0 bridgehead atoms. The third kappa shape index (κ3) is 5.23. The Morgan fingerprint density at radius 1 is 1.43 bits per heavy atom. The number of aryl methyl sites for hydroxylation is 2. The van der Waals surface area contributed by atoms with E-state index >= 15 is 0 Å². The molecule has 0 unspecified atom stereocenters. The molecule has 0 spiro atoms. The van der Waals surface area contributed by atoms with E-state index < -0.39 is 0 Å². The first-order valence-corrected chi connectivity index (χ1v) is 8.64. The standard InChI is InChI=1S/C17H31N5O/c1-14-12-20(2)10-8-16(14)22(4)17(23)18-9-6-5-7-15-11-19-21(3)13-15/h11,13-14,16H,5-10,12H2,1-4H3,(H,18,23)/t14-,16+/m1/s1. The zero-order chi connectivity index (χ0) is 16.8. The molecule has 1 aromatic rings. The molecule has 1 fully saturated rings. The van der Waals surface area contributed by atoms with Crippen molar-refractivity contribution in [1.29, 1.82) is 0 Å². The van der Waals surface area contributed by atoms with Crippen molar-refractivity contribution in [3.63, 3.8) is 0 Å². The molecule has 2 atom stereocenters. The third-order valence-corrected chi connectivity index (χ3v) is 4.81. The number of amides is 2. The van der Waals surface area contributed by atoms with Gasteiger partial charge >= 0.3 is 6.03 Å². The number of piperidine rings is 1. The minimum atomic E-state index is 0.0628.